The van der Waals surface area contributed by atoms with Crippen molar-refractivity contribution in [1.29, 1.82) is 0 Å². The van der Waals surface area contributed by atoms with E-state index < -0.39 is 22.5 Å². The van der Waals surface area contributed by atoms with Gasteiger partial charge in [0.25, 0.3) is 21.8 Å². The van der Waals surface area contributed by atoms with Crippen molar-refractivity contribution in [2.45, 2.75) is 4.90 Å². The largest absolute Gasteiger partial charge is 0.497 e. The number of carbonyl (C=O) groups is 2. The number of anilines is 2. The summed E-state index contributed by atoms with van der Waals surface area (Å²) >= 11 is 5.98. The Balaban J connectivity index is 1.35. The molecule has 4 aromatic rings. The quantitative estimate of drug-likeness (QED) is 0.160. The van der Waals surface area contributed by atoms with Crippen molar-refractivity contribution in [3.63, 3.8) is 0 Å². The second-order valence-corrected chi connectivity index (χ2v) is 11.4. The van der Waals surface area contributed by atoms with Gasteiger partial charge in [0.1, 0.15) is 23.8 Å². The minimum Gasteiger partial charge on any atom is -0.497 e. The Bertz CT molecular complexity index is 1710. The molecular formula is C31H29ClN4O7S. The van der Waals surface area contributed by atoms with E-state index in [1.165, 1.54) is 69.0 Å². The summed E-state index contributed by atoms with van der Waals surface area (Å²) in [7, 11) is -1.14. The topological polar surface area (TPSA) is 136 Å². The van der Waals surface area contributed by atoms with Gasteiger partial charge in [-0.3, -0.25) is 13.9 Å². The molecule has 13 heteroatoms. The molecule has 0 radical (unpaired) electrons. The van der Waals surface area contributed by atoms with Crippen LogP contribution in [0.15, 0.2) is 107 Å². The van der Waals surface area contributed by atoms with Crippen LogP contribution >= 0.6 is 11.6 Å². The number of rotatable bonds is 13. The molecule has 0 atom stereocenters. The average molecular weight is 637 g/mol. The summed E-state index contributed by atoms with van der Waals surface area (Å²) in [6.45, 7) is -0.762. The first kappa shape index (κ1) is 31.9. The number of sulfonamides is 1. The van der Waals surface area contributed by atoms with Crippen LogP contribution in [-0.2, 0) is 19.6 Å². The van der Waals surface area contributed by atoms with Crippen molar-refractivity contribution >= 4 is 51.0 Å². The van der Waals surface area contributed by atoms with E-state index in [1.54, 1.807) is 48.5 Å². The molecule has 0 heterocycles. The van der Waals surface area contributed by atoms with E-state index in [4.69, 9.17) is 25.8 Å². The van der Waals surface area contributed by atoms with E-state index in [-0.39, 0.29) is 23.1 Å². The lowest BCUT2D eigenvalue weighted by Crippen LogP contribution is -2.39. The number of hydrogen-bond donors (Lipinski definition) is 2. The molecule has 0 aliphatic rings. The lowest BCUT2D eigenvalue weighted by Gasteiger charge is -2.23. The van der Waals surface area contributed by atoms with Crippen molar-refractivity contribution in [2.75, 3.05) is 37.0 Å². The smallest absolute Gasteiger partial charge is 0.264 e. The highest BCUT2D eigenvalue weighted by Crippen LogP contribution is 2.26. The van der Waals surface area contributed by atoms with Gasteiger partial charge < -0.3 is 19.5 Å². The highest BCUT2D eigenvalue weighted by Gasteiger charge is 2.27. The second-order valence-electron chi connectivity index (χ2n) is 9.06. The SMILES string of the molecule is COc1ccc(S(=O)(=O)N(CC(=O)N/N=C\c2ccc(OCC(=O)Nc3ccccc3OC)cc2)c2ccc(Cl)cc2)cc1. The van der Waals surface area contributed by atoms with E-state index in [2.05, 4.69) is 15.8 Å². The standard InChI is InChI=1S/C31H29ClN4O7S/c1-41-25-15-17-27(18-16-25)44(39,40)36(24-11-9-23(32)10-12-24)20-30(37)35-33-19-22-7-13-26(14-8-22)43-21-31(38)34-28-5-3-4-6-29(28)42-2/h3-19H,20-21H2,1-2H3,(H,34,38)(H,35,37)/b33-19-. The minimum absolute atomic E-state index is 0.0240. The lowest BCUT2D eigenvalue weighted by molar-refractivity contribution is -0.119. The van der Waals surface area contributed by atoms with Crippen LogP contribution in [0.3, 0.4) is 0 Å². The molecule has 0 aliphatic carbocycles. The fourth-order valence-electron chi connectivity index (χ4n) is 3.88. The molecule has 2 amide bonds. The van der Waals surface area contributed by atoms with Crippen LogP contribution in [0.4, 0.5) is 11.4 Å². The predicted octanol–water partition coefficient (Wildman–Crippen LogP) is 4.72. The molecular weight excluding hydrogens is 608 g/mol. The molecule has 11 nitrogen and oxygen atoms in total. The van der Waals surface area contributed by atoms with Gasteiger partial charge >= 0.3 is 0 Å². The first-order chi connectivity index (χ1) is 21.2. The molecule has 4 aromatic carbocycles. The number of benzene rings is 4. The van der Waals surface area contributed by atoms with Gasteiger partial charge in [-0.25, -0.2) is 13.8 Å². The first-order valence-corrected chi connectivity index (χ1v) is 14.9. The summed E-state index contributed by atoms with van der Waals surface area (Å²) in [5.74, 6) is 0.443. The number of ether oxygens (including phenoxy) is 3. The molecule has 0 unspecified atom stereocenters. The molecule has 0 bridgehead atoms. The molecule has 44 heavy (non-hydrogen) atoms. The number of carbonyl (C=O) groups excluding carboxylic acids is 2. The van der Waals surface area contributed by atoms with E-state index in [0.29, 0.717) is 33.5 Å². The van der Waals surface area contributed by atoms with Crippen LogP contribution in [0.2, 0.25) is 5.02 Å². The third kappa shape index (κ3) is 8.49. The van der Waals surface area contributed by atoms with E-state index in [0.717, 1.165) is 4.31 Å². The third-order valence-electron chi connectivity index (χ3n) is 6.08. The first-order valence-electron chi connectivity index (χ1n) is 13.1. The lowest BCUT2D eigenvalue weighted by atomic mass is 10.2. The van der Waals surface area contributed by atoms with Crippen LogP contribution in [0.1, 0.15) is 5.56 Å². The summed E-state index contributed by atoms with van der Waals surface area (Å²) in [6, 6.07) is 25.6. The maximum absolute atomic E-state index is 13.5. The van der Waals surface area contributed by atoms with Crippen molar-refractivity contribution in [3.05, 3.63) is 108 Å². The summed E-state index contributed by atoms with van der Waals surface area (Å²) in [5, 5.41) is 7.09. The van der Waals surface area contributed by atoms with Gasteiger partial charge in [-0.15, -0.1) is 0 Å². The van der Waals surface area contributed by atoms with Gasteiger partial charge in [0, 0.05) is 5.02 Å². The summed E-state index contributed by atoms with van der Waals surface area (Å²) in [4.78, 5) is 25.0. The Morgan fingerprint density at radius 2 is 1.50 bits per heavy atom. The van der Waals surface area contributed by atoms with E-state index >= 15 is 0 Å². The van der Waals surface area contributed by atoms with Crippen LogP contribution in [-0.4, -0.2) is 53.8 Å². The zero-order chi connectivity index (χ0) is 31.5. The zero-order valence-electron chi connectivity index (χ0n) is 23.8. The van der Waals surface area contributed by atoms with E-state index in [1.807, 2.05) is 0 Å². The Morgan fingerprint density at radius 1 is 0.841 bits per heavy atom. The fourth-order valence-corrected chi connectivity index (χ4v) is 5.42. The second kappa shape index (κ2) is 14.9. The predicted molar refractivity (Wildman–Crippen MR) is 168 cm³/mol. The molecule has 4 rings (SSSR count). The summed E-state index contributed by atoms with van der Waals surface area (Å²) < 4.78 is 43.8. The Hall–Kier alpha value is -5.07. The molecule has 0 aliphatic heterocycles. The maximum atomic E-state index is 13.5. The maximum Gasteiger partial charge on any atom is 0.264 e. The molecule has 0 spiro atoms. The Morgan fingerprint density at radius 3 is 2.16 bits per heavy atom. The van der Waals surface area contributed by atoms with Gasteiger partial charge in [-0.2, -0.15) is 5.10 Å². The number of nitrogens with one attached hydrogen (secondary N) is 2. The number of hydrazone groups is 1. The molecule has 0 fully saturated rings. The average Bonchev–Trinajstić information content (AvgIpc) is 3.04. The zero-order valence-corrected chi connectivity index (χ0v) is 25.3. The van der Waals surface area contributed by atoms with Gasteiger partial charge in [0.2, 0.25) is 0 Å². The monoisotopic (exact) mass is 636 g/mol. The van der Waals surface area contributed by atoms with Gasteiger partial charge in [0.15, 0.2) is 6.61 Å². The van der Waals surface area contributed by atoms with Gasteiger partial charge in [0.05, 0.1) is 36.7 Å². The van der Waals surface area contributed by atoms with Crippen LogP contribution in [0.5, 0.6) is 17.2 Å². The number of nitrogens with zero attached hydrogens (tertiary/aromatic N) is 2. The third-order valence-corrected chi connectivity index (χ3v) is 8.12. The number of hydrogen-bond acceptors (Lipinski definition) is 8. The van der Waals surface area contributed by atoms with Crippen molar-refractivity contribution in [1.82, 2.24) is 5.43 Å². The summed E-state index contributed by atoms with van der Waals surface area (Å²) in [6.07, 6.45) is 1.39. The molecule has 228 valence electrons. The van der Waals surface area contributed by atoms with Crippen molar-refractivity contribution in [2.24, 2.45) is 5.10 Å². The summed E-state index contributed by atoms with van der Waals surface area (Å²) in [5.41, 5.74) is 3.76. The molecule has 0 saturated carbocycles. The van der Waals surface area contributed by atoms with Gasteiger partial charge in [-0.05, 0) is 90.5 Å². The van der Waals surface area contributed by atoms with Crippen molar-refractivity contribution < 1.29 is 32.2 Å². The van der Waals surface area contributed by atoms with Crippen LogP contribution in [0, 0.1) is 0 Å². The highest BCUT2D eigenvalue weighted by atomic mass is 35.5. The van der Waals surface area contributed by atoms with Crippen LogP contribution < -0.4 is 29.3 Å². The highest BCUT2D eigenvalue weighted by molar-refractivity contribution is 7.92. The Labute approximate surface area is 260 Å². The normalized spacial score (nSPS) is 11.1. The fraction of sp³-hybridized carbons (Fsp3) is 0.129. The number of amides is 2. The molecule has 2 N–H and O–H groups in total. The molecule has 0 saturated heterocycles. The minimum atomic E-state index is -4.13. The van der Waals surface area contributed by atoms with Crippen LogP contribution in [0.25, 0.3) is 0 Å². The van der Waals surface area contributed by atoms with Gasteiger partial charge in [-0.1, -0.05) is 23.7 Å². The number of para-hydroxylation sites is 2. The number of methoxy groups -OCH3 is 2. The van der Waals surface area contributed by atoms with Crippen molar-refractivity contribution in [3.8, 4) is 17.2 Å². The van der Waals surface area contributed by atoms with E-state index in [9.17, 15) is 18.0 Å². The molecule has 0 aromatic heterocycles. The number of halogens is 1. The Kier molecular flexibility index (Phi) is 10.8.